The van der Waals surface area contributed by atoms with E-state index < -0.39 is 0 Å². The number of aromatic nitrogens is 2. The molecule has 1 aliphatic heterocycles. The fourth-order valence-corrected chi connectivity index (χ4v) is 2.88. The molecule has 2 heterocycles. The summed E-state index contributed by atoms with van der Waals surface area (Å²) in [6.07, 6.45) is 1.83. The first-order valence-electron chi connectivity index (χ1n) is 8.26. The molecule has 6 nitrogen and oxygen atoms in total. The summed E-state index contributed by atoms with van der Waals surface area (Å²) in [7, 11) is 5.70. The molecule has 0 bridgehead atoms. The number of ether oxygens (including phenoxy) is 1. The molecule has 0 unspecified atom stereocenters. The van der Waals surface area contributed by atoms with Gasteiger partial charge in [-0.3, -0.25) is 4.90 Å². The van der Waals surface area contributed by atoms with E-state index in [1.165, 1.54) is 5.56 Å². The van der Waals surface area contributed by atoms with Gasteiger partial charge in [0.1, 0.15) is 11.6 Å². The van der Waals surface area contributed by atoms with Crippen molar-refractivity contribution in [2.75, 3.05) is 57.2 Å². The van der Waals surface area contributed by atoms with Crippen LogP contribution in [0.25, 0.3) is 0 Å². The molecular weight excluding hydrogens is 302 g/mol. The maximum atomic E-state index is 5.30. The molecule has 1 aliphatic rings. The maximum Gasteiger partial charge on any atom is 0.227 e. The Kier molecular flexibility index (Phi) is 5.15. The van der Waals surface area contributed by atoms with E-state index in [0.717, 1.165) is 50.2 Å². The Labute approximate surface area is 143 Å². The monoisotopic (exact) mass is 327 g/mol. The van der Waals surface area contributed by atoms with E-state index in [-0.39, 0.29) is 0 Å². The normalized spacial score (nSPS) is 15.4. The smallest absolute Gasteiger partial charge is 0.227 e. The third-order valence-electron chi connectivity index (χ3n) is 4.28. The molecule has 1 saturated heterocycles. The van der Waals surface area contributed by atoms with Gasteiger partial charge in [0, 0.05) is 53.0 Å². The standard InChI is InChI=1S/C18H25N5O/c1-21(2)17-7-8-19-18(20-17)23-11-9-22(10-12-23)14-15-5-4-6-16(13-15)24-3/h4-8,13H,9-12,14H2,1-3H3. The van der Waals surface area contributed by atoms with Crippen molar-refractivity contribution >= 4 is 11.8 Å². The topological polar surface area (TPSA) is 44.7 Å². The first kappa shape index (κ1) is 16.5. The van der Waals surface area contributed by atoms with Crippen molar-refractivity contribution in [2.45, 2.75) is 6.54 Å². The van der Waals surface area contributed by atoms with Crippen LogP contribution in [-0.2, 0) is 6.54 Å². The number of methoxy groups -OCH3 is 1. The van der Waals surface area contributed by atoms with E-state index >= 15 is 0 Å². The molecule has 128 valence electrons. The van der Waals surface area contributed by atoms with Crippen molar-refractivity contribution in [3.05, 3.63) is 42.1 Å². The summed E-state index contributed by atoms with van der Waals surface area (Å²) in [4.78, 5) is 15.8. The molecule has 0 atom stereocenters. The van der Waals surface area contributed by atoms with Gasteiger partial charge in [-0.1, -0.05) is 12.1 Å². The van der Waals surface area contributed by atoms with Gasteiger partial charge in [0.25, 0.3) is 0 Å². The third kappa shape index (κ3) is 3.94. The van der Waals surface area contributed by atoms with Gasteiger partial charge in [0.15, 0.2) is 0 Å². The van der Waals surface area contributed by atoms with E-state index in [1.807, 2.05) is 43.4 Å². The van der Waals surface area contributed by atoms with Crippen LogP contribution in [0.15, 0.2) is 36.5 Å². The van der Waals surface area contributed by atoms with Crippen LogP contribution < -0.4 is 14.5 Å². The predicted octanol–water partition coefficient (Wildman–Crippen LogP) is 1.87. The van der Waals surface area contributed by atoms with Gasteiger partial charge in [0.05, 0.1) is 7.11 Å². The zero-order valence-electron chi connectivity index (χ0n) is 14.6. The summed E-state index contributed by atoms with van der Waals surface area (Å²) in [5, 5.41) is 0. The molecule has 24 heavy (non-hydrogen) atoms. The minimum absolute atomic E-state index is 0.822. The van der Waals surface area contributed by atoms with Crippen LogP contribution in [0.3, 0.4) is 0 Å². The number of nitrogens with zero attached hydrogens (tertiary/aromatic N) is 5. The average Bonchev–Trinajstić information content (AvgIpc) is 2.62. The highest BCUT2D eigenvalue weighted by Crippen LogP contribution is 2.18. The number of anilines is 2. The van der Waals surface area contributed by atoms with Gasteiger partial charge in [-0.25, -0.2) is 4.98 Å². The molecule has 6 heteroatoms. The molecule has 0 N–H and O–H groups in total. The second kappa shape index (κ2) is 7.49. The van der Waals surface area contributed by atoms with E-state index in [1.54, 1.807) is 7.11 Å². The lowest BCUT2D eigenvalue weighted by Gasteiger charge is -2.35. The zero-order chi connectivity index (χ0) is 16.9. The Morgan fingerprint density at radius 1 is 1.12 bits per heavy atom. The van der Waals surface area contributed by atoms with Crippen molar-refractivity contribution in [3.8, 4) is 5.75 Å². The molecule has 0 spiro atoms. The summed E-state index contributed by atoms with van der Waals surface area (Å²) >= 11 is 0. The van der Waals surface area contributed by atoms with Gasteiger partial charge >= 0.3 is 0 Å². The lowest BCUT2D eigenvalue weighted by molar-refractivity contribution is 0.248. The van der Waals surface area contributed by atoms with Crippen LogP contribution >= 0.6 is 0 Å². The number of hydrogen-bond acceptors (Lipinski definition) is 6. The molecule has 2 aromatic rings. The van der Waals surface area contributed by atoms with Crippen LogP contribution in [0.4, 0.5) is 11.8 Å². The molecular formula is C18H25N5O. The lowest BCUT2D eigenvalue weighted by Crippen LogP contribution is -2.46. The second-order valence-electron chi connectivity index (χ2n) is 6.22. The third-order valence-corrected chi connectivity index (χ3v) is 4.28. The maximum absolute atomic E-state index is 5.30. The number of benzene rings is 1. The molecule has 0 amide bonds. The molecule has 1 aromatic carbocycles. The van der Waals surface area contributed by atoms with E-state index in [4.69, 9.17) is 4.74 Å². The van der Waals surface area contributed by atoms with Crippen LogP contribution in [0.2, 0.25) is 0 Å². The quantitative estimate of drug-likeness (QED) is 0.835. The van der Waals surface area contributed by atoms with E-state index in [2.05, 4.69) is 31.9 Å². The van der Waals surface area contributed by atoms with Gasteiger partial charge in [-0.2, -0.15) is 4.98 Å². The molecule has 0 radical (unpaired) electrons. The Morgan fingerprint density at radius 3 is 2.62 bits per heavy atom. The van der Waals surface area contributed by atoms with E-state index in [9.17, 15) is 0 Å². The summed E-state index contributed by atoms with van der Waals surface area (Å²) in [6.45, 7) is 4.85. The van der Waals surface area contributed by atoms with Gasteiger partial charge in [-0.05, 0) is 23.8 Å². The Balaban J connectivity index is 1.58. The highest BCUT2D eigenvalue weighted by molar-refractivity contribution is 5.42. The van der Waals surface area contributed by atoms with Crippen molar-refractivity contribution in [2.24, 2.45) is 0 Å². The zero-order valence-corrected chi connectivity index (χ0v) is 14.6. The van der Waals surface area contributed by atoms with Crippen LogP contribution in [-0.4, -0.2) is 62.3 Å². The number of hydrogen-bond donors (Lipinski definition) is 0. The molecule has 0 aliphatic carbocycles. The summed E-state index contributed by atoms with van der Waals surface area (Å²) in [6, 6.07) is 10.2. The number of piperazine rings is 1. The van der Waals surface area contributed by atoms with Gasteiger partial charge in [-0.15, -0.1) is 0 Å². The Morgan fingerprint density at radius 2 is 1.92 bits per heavy atom. The van der Waals surface area contributed by atoms with Gasteiger partial charge < -0.3 is 14.5 Å². The molecule has 1 fully saturated rings. The van der Waals surface area contributed by atoms with Crippen LogP contribution in [0.1, 0.15) is 5.56 Å². The highest BCUT2D eigenvalue weighted by atomic mass is 16.5. The predicted molar refractivity (Wildman–Crippen MR) is 96.8 cm³/mol. The summed E-state index contributed by atoms with van der Waals surface area (Å²) in [5.41, 5.74) is 1.29. The SMILES string of the molecule is COc1cccc(CN2CCN(c3nccc(N(C)C)n3)CC2)c1. The fourth-order valence-electron chi connectivity index (χ4n) is 2.88. The fraction of sp³-hybridized carbons (Fsp3) is 0.444. The minimum atomic E-state index is 0.822. The lowest BCUT2D eigenvalue weighted by atomic mass is 10.2. The Hall–Kier alpha value is -2.34. The van der Waals surface area contributed by atoms with Crippen molar-refractivity contribution in [1.29, 1.82) is 0 Å². The first-order chi connectivity index (χ1) is 11.7. The van der Waals surface area contributed by atoms with Gasteiger partial charge in [0.2, 0.25) is 5.95 Å². The highest BCUT2D eigenvalue weighted by Gasteiger charge is 2.19. The summed E-state index contributed by atoms with van der Waals surface area (Å²) in [5.74, 6) is 2.68. The second-order valence-corrected chi connectivity index (χ2v) is 6.22. The van der Waals surface area contributed by atoms with Crippen molar-refractivity contribution in [3.63, 3.8) is 0 Å². The van der Waals surface area contributed by atoms with Crippen LogP contribution in [0.5, 0.6) is 5.75 Å². The van der Waals surface area contributed by atoms with Crippen molar-refractivity contribution < 1.29 is 4.74 Å². The van der Waals surface area contributed by atoms with Crippen molar-refractivity contribution in [1.82, 2.24) is 14.9 Å². The Bertz CT molecular complexity index is 668. The average molecular weight is 327 g/mol. The number of rotatable bonds is 5. The summed E-state index contributed by atoms with van der Waals surface area (Å²) < 4.78 is 5.30. The molecule has 1 aromatic heterocycles. The molecule has 3 rings (SSSR count). The minimum Gasteiger partial charge on any atom is -0.497 e. The van der Waals surface area contributed by atoms with E-state index in [0.29, 0.717) is 0 Å². The van der Waals surface area contributed by atoms with Crippen LogP contribution in [0, 0.1) is 0 Å². The first-order valence-corrected chi connectivity index (χ1v) is 8.26. The molecule has 0 saturated carbocycles. The largest absolute Gasteiger partial charge is 0.497 e.